The van der Waals surface area contributed by atoms with E-state index >= 15 is 0 Å². The Labute approximate surface area is 154 Å². The van der Waals surface area contributed by atoms with Gasteiger partial charge in [0.05, 0.1) is 6.04 Å². The van der Waals surface area contributed by atoms with Crippen molar-refractivity contribution in [2.45, 2.75) is 25.9 Å². The highest BCUT2D eigenvalue weighted by Crippen LogP contribution is 2.14. The second kappa shape index (κ2) is 9.79. The van der Waals surface area contributed by atoms with E-state index in [1.807, 2.05) is 35.4 Å². The highest BCUT2D eigenvalue weighted by Gasteiger charge is 2.18. The highest BCUT2D eigenvalue weighted by molar-refractivity contribution is 7.98. The summed E-state index contributed by atoms with van der Waals surface area (Å²) in [5, 5.41) is 2.87. The fourth-order valence-electron chi connectivity index (χ4n) is 2.78. The molecule has 0 radical (unpaired) electrons. The van der Waals surface area contributed by atoms with E-state index < -0.39 is 6.04 Å². The Morgan fingerprint density at radius 3 is 2.40 bits per heavy atom. The van der Waals surface area contributed by atoms with Gasteiger partial charge in [0, 0.05) is 45.3 Å². The number of hydrogen-bond acceptors (Lipinski definition) is 5. The quantitative estimate of drug-likeness (QED) is 0.764. The van der Waals surface area contributed by atoms with Gasteiger partial charge in [-0.3, -0.25) is 14.5 Å². The molecule has 0 spiro atoms. The molecule has 1 aliphatic heterocycles. The zero-order valence-electron chi connectivity index (χ0n) is 15.0. The predicted molar refractivity (Wildman–Crippen MR) is 104 cm³/mol. The van der Waals surface area contributed by atoms with Crippen LogP contribution in [0.25, 0.3) is 0 Å². The minimum Gasteiger partial charge on any atom is -0.340 e. The lowest BCUT2D eigenvalue weighted by Crippen LogP contribution is -2.47. The first-order valence-corrected chi connectivity index (χ1v) is 10.0. The van der Waals surface area contributed by atoms with Crippen molar-refractivity contribution < 1.29 is 9.59 Å². The lowest BCUT2D eigenvalue weighted by molar-refractivity contribution is -0.130. The van der Waals surface area contributed by atoms with Gasteiger partial charge in [-0.2, -0.15) is 11.8 Å². The number of nitrogens with two attached hydrogens (primary N) is 1. The first-order chi connectivity index (χ1) is 12.0. The molecule has 0 bridgehead atoms. The van der Waals surface area contributed by atoms with Crippen LogP contribution in [-0.4, -0.2) is 65.8 Å². The lowest BCUT2D eigenvalue weighted by atomic mass is 10.1. The number of nitrogens with zero attached hydrogens (tertiary/aromatic N) is 2. The van der Waals surface area contributed by atoms with Gasteiger partial charge < -0.3 is 16.0 Å². The maximum Gasteiger partial charge on any atom is 0.241 e. The molecule has 1 saturated heterocycles. The summed E-state index contributed by atoms with van der Waals surface area (Å²) in [6, 6.07) is 7.42. The summed E-state index contributed by atoms with van der Waals surface area (Å²) in [5.41, 5.74) is 7.85. The van der Waals surface area contributed by atoms with Crippen molar-refractivity contribution in [3.8, 4) is 0 Å². The van der Waals surface area contributed by atoms with Gasteiger partial charge in [-0.25, -0.2) is 0 Å². The van der Waals surface area contributed by atoms with Crippen LogP contribution in [-0.2, 0) is 16.1 Å². The molecule has 1 aromatic rings. The molecule has 0 saturated carbocycles. The summed E-state index contributed by atoms with van der Waals surface area (Å²) in [4.78, 5) is 27.6. The number of thioether (sulfide) groups is 1. The van der Waals surface area contributed by atoms with Crippen molar-refractivity contribution in [2.24, 2.45) is 5.73 Å². The Kier molecular flexibility index (Phi) is 7.74. The van der Waals surface area contributed by atoms with E-state index in [4.69, 9.17) is 5.73 Å². The maximum absolute atomic E-state index is 12.0. The zero-order chi connectivity index (χ0) is 18.2. The van der Waals surface area contributed by atoms with E-state index in [-0.39, 0.29) is 11.8 Å². The average Bonchev–Trinajstić information content (AvgIpc) is 2.61. The van der Waals surface area contributed by atoms with Gasteiger partial charge in [0.1, 0.15) is 0 Å². The number of benzene rings is 1. The molecule has 3 N–H and O–H groups in total. The number of amides is 2. The number of carbonyl (C=O) groups excluding carboxylic acids is 2. The van der Waals surface area contributed by atoms with Crippen molar-refractivity contribution in [3.05, 3.63) is 29.8 Å². The Bertz CT molecular complexity index is 571. The van der Waals surface area contributed by atoms with E-state index in [1.54, 1.807) is 18.7 Å². The van der Waals surface area contributed by atoms with Gasteiger partial charge in [0.2, 0.25) is 11.8 Å². The normalized spacial score (nSPS) is 16.5. The lowest BCUT2D eigenvalue weighted by Gasteiger charge is -2.34. The third-order valence-electron chi connectivity index (χ3n) is 4.42. The summed E-state index contributed by atoms with van der Waals surface area (Å²) in [6.07, 6.45) is 2.68. The van der Waals surface area contributed by atoms with Crippen LogP contribution in [0.4, 0.5) is 5.69 Å². The molecule has 138 valence electrons. The predicted octanol–water partition coefficient (Wildman–Crippen LogP) is 1.37. The second-order valence-electron chi connectivity index (χ2n) is 6.36. The monoisotopic (exact) mass is 364 g/mol. The molecule has 2 amide bonds. The number of rotatable bonds is 7. The van der Waals surface area contributed by atoms with Crippen LogP contribution in [0.15, 0.2) is 24.3 Å². The molecular weight excluding hydrogens is 336 g/mol. The smallest absolute Gasteiger partial charge is 0.241 e. The number of hydrogen-bond donors (Lipinski definition) is 2. The third kappa shape index (κ3) is 6.34. The van der Waals surface area contributed by atoms with Gasteiger partial charge in [0.25, 0.3) is 0 Å². The van der Waals surface area contributed by atoms with Crippen molar-refractivity contribution in [2.75, 3.05) is 43.5 Å². The van der Waals surface area contributed by atoms with E-state index in [0.29, 0.717) is 6.42 Å². The molecule has 1 heterocycles. The van der Waals surface area contributed by atoms with E-state index in [0.717, 1.165) is 44.2 Å². The number of anilines is 1. The Balaban J connectivity index is 1.80. The topological polar surface area (TPSA) is 78.7 Å². The fraction of sp³-hybridized carbons (Fsp3) is 0.556. The maximum atomic E-state index is 12.0. The van der Waals surface area contributed by atoms with Crippen LogP contribution in [0, 0.1) is 0 Å². The summed E-state index contributed by atoms with van der Waals surface area (Å²) < 4.78 is 0. The molecule has 1 fully saturated rings. The van der Waals surface area contributed by atoms with Crippen LogP contribution < -0.4 is 11.1 Å². The third-order valence-corrected chi connectivity index (χ3v) is 5.06. The molecule has 1 atom stereocenters. The molecule has 1 unspecified atom stereocenters. The summed E-state index contributed by atoms with van der Waals surface area (Å²) in [7, 11) is 0. The summed E-state index contributed by atoms with van der Waals surface area (Å²) >= 11 is 1.69. The molecule has 0 aliphatic carbocycles. The standard InChI is InChI=1S/C18H28N4O2S/c1-14(23)22-10-8-21(9-11-22)13-15-3-5-16(6-4-15)20-18(24)17(19)7-12-25-2/h3-6,17H,7-13,19H2,1-2H3,(H,20,24). The van der Waals surface area contributed by atoms with Gasteiger partial charge in [-0.15, -0.1) is 0 Å². The average molecular weight is 365 g/mol. The molecule has 1 aliphatic rings. The van der Waals surface area contributed by atoms with Gasteiger partial charge in [-0.1, -0.05) is 12.1 Å². The molecule has 1 aromatic carbocycles. The van der Waals surface area contributed by atoms with Crippen molar-refractivity contribution in [3.63, 3.8) is 0 Å². The van der Waals surface area contributed by atoms with Crippen LogP contribution in [0.2, 0.25) is 0 Å². The van der Waals surface area contributed by atoms with Gasteiger partial charge in [0.15, 0.2) is 0 Å². The van der Waals surface area contributed by atoms with E-state index in [1.165, 1.54) is 5.56 Å². The minimum atomic E-state index is -0.468. The molecule has 7 heteroatoms. The molecular formula is C18H28N4O2S. The largest absolute Gasteiger partial charge is 0.340 e. The number of piperazine rings is 1. The number of carbonyl (C=O) groups is 2. The van der Waals surface area contributed by atoms with Crippen molar-refractivity contribution >= 4 is 29.3 Å². The van der Waals surface area contributed by atoms with Gasteiger partial charge in [-0.05, 0) is 36.1 Å². The SMILES string of the molecule is CSCCC(N)C(=O)Nc1ccc(CN2CCN(C(C)=O)CC2)cc1. The summed E-state index contributed by atoms with van der Waals surface area (Å²) in [5.74, 6) is 0.891. The minimum absolute atomic E-state index is 0.137. The summed E-state index contributed by atoms with van der Waals surface area (Å²) in [6.45, 7) is 5.84. The van der Waals surface area contributed by atoms with Crippen LogP contribution >= 0.6 is 11.8 Å². The number of nitrogens with one attached hydrogen (secondary N) is 1. The van der Waals surface area contributed by atoms with Crippen LogP contribution in [0.3, 0.4) is 0 Å². The molecule has 6 nitrogen and oxygen atoms in total. The van der Waals surface area contributed by atoms with E-state index in [9.17, 15) is 9.59 Å². The Morgan fingerprint density at radius 2 is 1.84 bits per heavy atom. The Hall–Kier alpha value is -1.57. The van der Waals surface area contributed by atoms with Crippen LogP contribution in [0.5, 0.6) is 0 Å². The van der Waals surface area contributed by atoms with Crippen LogP contribution in [0.1, 0.15) is 18.9 Å². The second-order valence-corrected chi connectivity index (χ2v) is 7.34. The molecule has 25 heavy (non-hydrogen) atoms. The first kappa shape index (κ1) is 19.8. The van der Waals surface area contributed by atoms with E-state index in [2.05, 4.69) is 10.2 Å². The van der Waals surface area contributed by atoms with Gasteiger partial charge >= 0.3 is 0 Å². The van der Waals surface area contributed by atoms with Crippen molar-refractivity contribution in [1.29, 1.82) is 0 Å². The highest BCUT2D eigenvalue weighted by atomic mass is 32.2. The van der Waals surface area contributed by atoms with Crippen molar-refractivity contribution in [1.82, 2.24) is 9.80 Å². The molecule has 2 rings (SSSR count). The zero-order valence-corrected chi connectivity index (χ0v) is 15.8. The Morgan fingerprint density at radius 1 is 1.20 bits per heavy atom. The fourth-order valence-corrected chi connectivity index (χ4v) is 3.27. The first-order valence-electron chi connectivity index (χ1n) is 8.62. The molecule has 0 aromatic heterocycles.